The normalized spacial score (nSPS) is 12.7. The molecule has 0 bridgehead atoms. The number of rotatable bonds is 3. The van der Waals surface area contributed by atoms with Crippen molar-refractivity contribution in [2.24, 2.45) is 7.05 Å². The van der Waals surface area contributed by atoms with E-state index in [1.54, 1.807) is 31.0 Å². The van der Waals surface area contributed by atoms with Crippen LogP contribution >= 0.6 is 0 Å². The molecule has 18 heavy (non-hydrogen) atoms. The van der Waals surface area contributed by atoms with Crippen molar-refractivity contribution in [3.8, 4) is 0 Å². The Morgan fingerprint density at radius 2 is 1.89 bits per heavy atom. The SMILES string of the molecule is CNC(c1ccc(F)c(F)c1F)c1ccnn1C. The van der Waals surface area contributed by atoms with Gasteiger partial charge in [-0.05, 0) is 19.2 Å². The lowest BCUT2D eigenvalue weighted by molar-refractivity contribution is 0.433. The van der Waals surface area contributed by atoms with Gasteiger partial charge in [0.25, 0.3) is 0 Å². The quantitative estimate of drug-likeness (QED) is 0.852. The summed E-state index contributed by atoms with van der Waals surface area (Å²) in [5.41, 5.74) is 0.697. The van der Waals surface area contributed by atoms with Gasteiger partial charge in [-0.2, -0.15) is 5.10 Å². The number of hydrogen-bond acceptors (Lipinski definition) is 2. The molecule has 0 fully saturated rings. The van der Waals surface area contributed by atoms with Gasteiger partial charge >= 0.3 is 0 Å². The highest BCUT2D eigenvalue weighted by molar-refractivity contribution is 5.30. The first-order valence-corrected chi connectivity index (χ1v) is 5.34. The molecule has 3 nitrogen and oxygen atoms in total. The van der Waals surface area contributed by atoms with Gasteiger partial charge in [-0.1, -0.05) is 6.07 Å². The summed E-state index contributed by atoms with van der Waals surface area (Å²) in [6.45, 7) is 0. The van der Waals surface area contributed by atoms with Crippen molar-refractivity contribution in [1.82, 2.24) is 15.1 Å². The van der Waals surface area contributed by atoms with Crippen LogP contribution < -0.4 is 5.32 Å². The molecule has 2 aromatic rings. The molecule has 1 aromatic carbocycles. The molecule has 0 saturated carbocycles. The summed E-state index contributed by atoms with van der Waals surface area (Å²) in [5.74, 6) is -3.85. The number of aryl methyl sites for hydroxylation is 1. The highest BCUT2D eigenvalue weighted by atomic mass is 19.2. The second-order valence-electron chi connectivity index (χ2n) is 3.87. The van der Waals surface area contributed by atoms with Crippen molar-refractivity contribution in [2.45, 2.75) is 6.04 Å². The standard InChI is InChI=1S/C12H12F3N3/c1-16-12(9-5-6-17-18(9)2)7-3-4-8(13)11(15)10(7)14/h3-6,12,16H,1-2H3. The molecule has 96 valence electrons. The molecule has 0 aliphatic rings. The first-order valence-electron chi connectivity index (χ1n) is 5.34. The largest absolute Gasteiger partial charge is 0.308 e. The van der Waals surface area contributed by atoms with E-state index in [2.05, 4.69) is 10.4 Å². The maximum absolute atomic E-state index is 13.7. The molecule has 0 spiro atoms. The Labute approximate surface area is 102 Å². The number of nitrogens with one attached hydrogen (secondary N) is 1. The van der Waals surface area contributed by atoms with Crippen molar-refractivity contribution in [2.75, 3.05) is 7.05 Å². The lowest BCUT2D eigenvalue weighted by atomic mass is 10.0. The van der Waals surface area contributed by atoms with Crippen LogP contribution in [0.15, 0.2) is 24.4 Å². The Bertz CT molecular complexity index is 566. The molecule has 1 aromatic heterocycles. The van der Waals surface area contributed by atoms with Gasteiger partial charge in [-0.15, -0.1) is 0 Å². The van der Waals surface area contributed by atoms with E-state index in [1.807, 2.05) is 0 Å². The van der Waals surface area contributed by atoms with Crippen molar-refractivity contribution >= 4 is 0 Å². The summed E-state index contributed by atoms with van der Waals surface area (Å²) < 4.78 is 41.4. The van der Waals surface area contributed by atoms with E-state index in [0.717, 1.165) is 6.07 Å². The summed E-state index contributed by atoms with van der Waals surface area (Å²) in [5, 5.41) is 6.83. The lowest BCUT2D eigenvalue weighted by Gasteiger charge is -2.18. The maximum Gasteiger partial charge on any atom is 0.194 e. The van der Waals surface area contributed by atoms with Gasteiger partial charge in [0.2, 0.25) is 0 Å². The van der Waals surface area contributed by atoms with Crippen LogP contribution in [-0.4, -0.2) is 16.8 Å². The number of halogens is 3. The molecular weight excluding hydrogens is 243 g/mol. The molecule has 0 aliphatic heterocycles. The fraction of sp³-hybridized carbons (Fsp3) is 0.250. The summed E-state index contributed by atoms with van der Waals surface area (Å²) in [6.07, 6.45) is 1.55. The average molecular weight is 255 g/mol. The van der Waals surface area contributed by atoms with Crippen LogP contribution in [0.25, 0.3) is 0 Å². The van der Waals surface area contributed by atoms with Crippen LogP contribution in [0.3, 0.4) is 0 Å². The van der Waals surface area contributed by atoms with E-state index in [1.165, 1.54) is 6.07 Å². The molecular formula is C12H12F3N3. The number of hydrogen-bond donors (Lipinski definition) is 1. The Morgan fingerprint density at radius 3 is 2.44 bits per heavy atom. The molecule has 1 heterocycles. The minimum absolute atomic E-state index is 0.0417. The van der Waals surface area contributed by atoms with E-state index >= 15 is 0 Å². The van der Waals surface area contributed by atoms with Gasteiger partial charge in [0.05, 0.1) is 11.7 Å². The van der Waals surface area contributed by atoms with Crippen LogP contribution in [-0.2, 0) is 7.05 Å². The zero-order chi connectivity index (χ0) is 13.3. The summed E-state index contributed by atoms with van der Waals surface area (Å²) in [4.78, 5) is 0. The van der Waals surface area contributed by atoms with Crippen LogP contribution in [0.2, 0.25) is 0 Å². The Kier molecular flexibility index (Phi) is 3.38. The van der Waals surface area contributed by atoms with Crippen molar-refractivity contribution < 1.29 is 13.2 Å². The summed E-state index contributed by atoms with van der Waals surface area (Å²) >= 11 is 0. The Morgan fingerprint density at radius 1 is 1.17 bits per heavy atom. The minimum Gasteiger partial charge on any atom is -0.308 e. The topological polar surface area (TPSA) is 29.9 Å². The molecule has 1 N–H and O–H groups in total. The summed E-state index contributed by atoms with van der Waals surface area (Å²) in [7, 11) is 3.30. The average Bonchev–Trinajstić information content (AvgIpc) is 2.77. The minimum atomic E-state index is -1.46. The lowest BCUT2D eigenvalue weighted by Crippen LogP contribution is -2.22. The third kappa shape index (κ3) is 1.99. The van der Waals surface area contributed by atoms with E-state index in [0.29, 0.717) is 5.69 Å². The van der Waals surface area contributed by atoms with Crippen LogP contribution in [0.5, 0.6) is 0 Å². The van der Waals surface area contributed by atoms with Crippen molar-refractivity contribution in [1.29, 1.82) is 0 Å². The summed E-state index contributed by atoms with van der Waals surface area (Å²) in [6, 6.07) is 3.23. The van der Waals surface area contributed by atoms with Gasteiger partial charge in [0.1, 0.15) is 0 Å². The predicted molar refractivity (Wildman–Crippen MR) is 60.4 cm³/mol. The van der Waals surface area contributed by atoms with Crippen molar-refractivity contribution in [3.05, 3.63) is 53.1 Å². The Hall–Kier alpha value is -1.82. The zero-order valence-corrected chi connectivity index (χ0v) is 9.92. The van der Waals surface area contributed by atoms with Crippen LogP contribution in [0.1, 0.15) is 17.3 Å². The third-order valence-corrected chi connectivity index (χ3v) is 2.82. The second kappa shape index (κ2) is 4.81. The van der Waals surface area contributed by atoms with E-state index in [4.69, 9.17) is 0 Å². The smallest absolute Gasteiger partial charge is 0.194 e. The second-order valence-corrected chi connectivity index (χ2v) is 3.87. The fourth-order valence-electron chi connectivity index (χ4n) is 1.89. The molecule has 0 saturated heterocycles. The van der Waals surface area contributed by atoms with Crippen LogP contribution in [0, 0.1) is 17.5 Å². The van der Waals surface area contributed by atoms with Crippen molar-refractivity contribution in [3.63, 3.8) is 0 Å². The highest BCUT2D eigenvalue weighted by Gasteiger charge is 2.22. The number of benzene rings is 1. The first kappa shape index (κ1) is 12.6. The first-order chi connectivity index (χ1) is 8.56. The zero-order valence-electron chi connectivity index (χ0n) is 9.92. The fourth-order valence-corrected chi connectivity index (χ4v) is 1.89. The maximum atomic E-state index is 13.7. The van der Waals surface area contributed by atoms with Gasteiger partial charge in [0.15, 0.2) is 17.5 Å². The molecule has 1 unspecified atom stereocenters. The molecule has 1 atom stereocenters. The highest BCUT2D eigenvalue weighted by Crippen LogP contribution is 2.26. The number of nitrogens with zero attached hydrogens (tertiary/aromatic N) is 2. The molecule has 2 rings (SSSR count). The molecule has 0 aliphatic carbocycles. The van der Waals surface area contributed by atoms with Gasteiger partial charge in [0, 0.05) is 18.8 Å². The van der Waals surface area contributed by atoms with Gasteiger partial charge in [-0.3, -0.25) is 4.68 Å². The molecule has 6 heteroatoms. The van der Waals surface area contributed by atoms with E-state index in [-0.39, 0.29) is 5.56 Å². The van der Waals surface area contributed by atoms with Gasteiger partial charge in [-0.25, -0.2) is 13.2 Å². The molecule has 0 radical (unpaired) electrons. The van der Waals surface area contributed by atoms with E-state index < -0.39 is 23.5 Å². The molecule has 0 amide bonds. The number of aromatic nitrogens is 2. The predicted octanol–water partition coefficient (Wildman–Crippen LogP) is 2.15. The third-order valence-electron chi connectivity index (χ3n) is 2.82. The van der Waals surface area contributed by atoms with E-state index in [9.17, 15) is 13.2 Å². The van der Waals surface area contributed by atoms with Gasteiger partial charge < -0.3 is 5.32 Å². The monoisotopic (exact) mass is 255 g/mol. The Balaban J connectivity index is 2.53. The van der Waals surface area contributed by atoms with Crippen LogP contribution in [0.4, 0.5) is 13.2 Å².